The Bertz CT molecular complexity index is 498. The summed E-state index contributed by atoms with van der Waals surface area (Å²) < 4.78 is 1.84. The standard InChI is InChI=1S/C11H11N3O2S/c15-10(16)7-17-11-13-12-8-14(11)6-9-4-2-1-3-5-9/h1-5,8H,6-7H2,(H,15,16). The zero-order valence-electron chi connectivity index (χ0n) is 8.98. The van der Waals surface area contributed by atoms with E-state index >= 15 is 0 Å². The largest absolute Gasteiger partial charge is 0.481 e. The first kappa shape index (κ1) is 11.7. The van der Waals surface area contributed by atoms with Gasteiger partial charge in [-0.2, -0.15) is 0 Å². The summed E-state index contributed by atoms with van der Waals surface area (Å²) >= 11 is 1.17. The molecule has 1 aromatic heterocycles. The van der Waals surface area contributed by atoms with Gasteiger partial charge in [0.05, 0.1) is 12.3 Å². The number of hydrogen-bond acceptors (Lipinski definition) is 4. The second-order valence-electron chi connectivity index (χ2n) is 3.41. The molecule has 1 heterocycles. The molecule has 0 aliphatic rings. The van der Waals surface area contributed by atoms with Crippen LogP contribution < -0.4 is 0 Å². The van der Waals surface area contributed by atoms with Crippen LogP contribution in [0.3, 0.4) is 0 Å². The molecule has 0 radical (unpaired) electrons. The molecule has 0 atom stereocenters. The molecule has 5 nitrogen and oxygen atoms in total. The van der Waals surface area contributed by atoms with Crippen LogP contribution in [0.4, 0.5) is 0 Å². The molecule has 0 bridgehead atoms. The number of thioether (sulfide) groups is 1. The number of rotatable bonds is 5. The third-order valence-electron chi connectivity index (χ3n) is 2.10. The van der Waals surface area contributed by atoms with Crippen molar-refractivity contribution in [3.8, 4) is 0 Å². The molecular weight excluding hydrogens is 238 g/mol. The number of carboxylic acids is 1. The fourth-order valence-corrected chi connectivity index (χ4v) is 2.01. The fraction of sp³-hybridized carbons (Fsp3) is 0.182. The third-order valence-corrected chi connectivity index (χ3v) is 3.07. The lowest BCUT2D eigenvalue weighted by atomic mass is 10.2. The van der Waals surface area contributed by atoms with E-state index in [0.29, 0.717) is 11.7 Å². The van der Waals surface area contributed by atoms with Crippen LogP contribution in [0.1, 0.15) is 5.56 Å². The minimum absolute atomic E-state index is 0.00647. The molecule has 88 valence electrons. The summed E-state index contributed by atoms with van der Waals surface area (Å²) in [6.45, 7) is 0.649. The van der Waals surface area contributed by atoms with E-state index < -0.39 is 5.97 Å². The molecule has 0 unspecified atom stereocenters. The second-order valence-corrected chi connectivity index (χ2v) is 4.35. The zero-order valence-corrected chi connectivity index (χ0v) is 9.80. The highest BCUT2D eigenvalue weighted by atomic mass is 32.2. The molecule has 17 heavy (non-hydrogen) atoms. The Labute approximate surface area is 102 Å². The van der Waals surface area contributed by atoms with Gasteiger partial charge in [-0.3, -0.25) is 4.79 Å². The van der Waals surface area contributed by atoms with E-state index in [-0.39, 0.29) is 5.75 Å². The van der Waals surface area contributed by atoms with Crippen LogP contribution in [0, 0.1) is 0 Å². The summed E-state index contributed by atoms with van der Waals surface area (Å²) in [5, 5.41) is 16.9. The maximum Gasteiger partial charge on any atom is 0.313 e. The van der Waals surface area contributed by atoms with Crippen molar-refractivity contribution < 1.29 is 9.90 Å². The van der Waals surface area contributed by atoms with Crippen molar-refractivity contribution in [1.29, 1.82) is 0 Å². The first-order chi connectivity index (χ1) is 8.25. The maximum atomic E-state index is 10.5. The Morgan fingerprint density at radius 2 is 2.12 bits per heavy atom. The SMILES string of the molecule is O=C(O)CSc1nncn1Cc1ccccc1. The molecule has 0 fully saturated rings. The van der Waals surface area contributed by atoms with E-state index in [1.165, 1.54) is 11.8 Å². The molecule has 1 aromatic carbocycles. The van der Waals surface area contributed by atoms with Crippen molar-refractivity contribution in [3.05, 3.63) is 42.2 Å². The second kappa shape index (κ2) is 5.49. The number of carbonyl (C=O) groups is 1. The van der Waals surface area contributed by atoms with Gasteiger partial charge in [-0.05, 0) is 5.56 Å². The van der Waals surface area contributed by atoms with Crippen LogP contribution in [0.25, 0.3) is 0 Å². The lowest BCUT2D eigenvalue weighted by Crippen LogP contribution is -2.03. The predicted molar refractivity (Wildman–Crippen MR) is 63.9 cm³/mol. The normalized spacial score (nSPS) is 10.4. The highest BCUT2D eigenvalue weighted by molar-refractivity contribution is 7.99. The third kappa shape index (κ3) is 3.32. The number of carboxylic acid groups (broad SMARTS) is 1. The Morgan fingerprint density at radius 3 is 2.82 bits per heavy atom. The van der Waals surface area contributed by atoms with Gasteiger partial charge in [0.1, 0.15) is 6.33 Å². The quantitative estimate of drug-likeness (QED) is 0.813. The van der Waals surface area contributed by atoms with Crippen molar-refractivity contribution in [3.63, 3.8) is 0 Å². The maximum absolute atomic E-state index is 10.5. The van der Waals surface area contributed by atoms with Crippen molar-refractivity contribution in [2.24, 2.45) is 0 Å². The van der Waals surface area contributed by atoms with Crippen molar-refractivity contribution in [1.82, 2.24) is 14.8 Å². The zero-order chi connectivity index (χ0) is 12.1. The average molecular weight is 249 g/mol. The van der Waals surface area contributed by atoms with E-state index in [1.54, 1.807) is 6.33 Å². The van der Waals surface area contributed by atoms with E-state index in [4.69, 9.17) is 5.11 Å². The predicted octanol–water partition coefficient (Wildman–Crippen LogP) is 1.50. The van der Waals surface area contributed by atoms with Crippen LogP contribution in [-0.4, -0.2) is 31.6 Å². The first-order valence-electron chi connectivity index (χ1n) is 5.02. The van der Waals surface area contributed by atoms with Crippen LogP contribution >= 0.6 is 11.8 Å². The average Bonchev–Trinajstić information content (AvgIpc) is 2.75. The highest BCUT2D eigenvalue weighted by Gasteiger charge is 2.07. The minimum atomic E-state index is -0.857. The molecule has 0 aliphatic heterocycles. The monoisotopic (exact) mass is 249 g/mol. The van der Waals surface area contributed by atoms with Crippen LogP contribution in [-0.2, 0) is 11.3 Å². The summed E-state index contributed by atoms with van der Waals surface area (Å²) in [6.07, 6.45) is 1.61. The molecule has 1 N–H and O–H groups in total. The molecule has 0 saturated carbocycles. The number of benzene rings is 1. The van der Waals surface area contributed by atoms with Gasteiger partial charge >= 0.3 is 5.97 Å². The van der Waals surface area contributed by atoms with Gasteiger partial charge in [0.25, 0.3) is 0 Å². The topological polar surface area (TPSA) is 68.0 Å². The van der Waals surface area contributed by atoms with Crippen molar-refractivity contribution in [2.45, 2.75) is 11.7 Å². The van der Waals surface area contributed by atoms with Gasteiger partial charge in [-0.1, -0.05) is 42.1 Å². The number of aromatic nitrogens is 3. The number of nitrogens with zero attached hydrogens (tertiary/aromatic N) is 3. The Balaban J connectivity index is 2.06. The van der Waals surface area contributed by atoms with Gasteiger partial charge in [0.2, 0.25) is 0 Å². The summed E-state index contributed by atoms with van der Waals surface area (Å²) in [5.74, 6) is -0.864. The Hall–Kier alpha value is -1.82. The number of aliphatic carboxylic acids is 1. The van der Waals surface area contributed by atoms with Gasteiger partial charge in [0, 0.05) is 0 Å². The fourth-order valence-electron chi connectivity index (χ4n) is 1.37. The summed E-state index contributed by atoms with van der Waals surface area (Å²) in [4.78, 5) is 10.5. The van der Waals surface area contributed by atoms with Gasteiger partial charge in [-0.25, -0.2) is 0 Å². The molecule has 0 saturated heterocycles. The molecule has 6 heteroatoms. The van der Waals surface area contributed by atoms with Crippen LogP contribution in [0.15, 0.2) is 41.8 Å². The van der Waals surface area contributed by atoms with Gasteiger partial charge in [-0.15, -0.1) is 10.2 Å². The summed E-state index contributed by atoms with van der Waals surface area (Å²) in [5.41, 5.74) is 1.13. The highest BCUT2D eigenvalue weighted by Crippen LogP contribution is 2.15. The van der Waals surface area contributed by atoms with E-state index in [2.05, 4.69) is 10.2 Å². The molecule has 0 spiro atoms. The lowest BCUT2D eigenvalue weighted by molar-refractivity contribution is -0.133. The van der Waals surface area contributed by atoms with E-state index in [1.807, 2.05) is 34.9 Å². The van der Waals surface area contributed by atoms with Crippen LogP contribution in [0.2, 0.25) is 0 Å². The molecule has 2 aromatic rings. The van der Waals surface area contributed by atoms with E-state index in [9.17, 15) is 4.79 Å². The Morgan fingerprint density at radius 1 is 1.35 bits per heavy atom. The number of hydrogen-bond donors (Lipinski definition) is 1. The molecule has 0 amide bonds. The van der Waals surface area contributed by atoms with E-state index in [0.717, 1.165) is 5.56 Å². The van der Waals surface area contributed by atoms with Crippen molar-refractivity contribution >= 4 is 17.7 Å². The van der Waals surface area contributed by atoms with Gasteiger partial charge < -0.3 is 9.67 Å². The first-order valence-corrected chi connectivity index (χ1v) is 6.00. The lowest BCUT2D eigenvalue weighted by Gasteiger charge is -2.04. The van der Waals surface area contributed by atoms with Crippen LogP contribution in [0.5, 0.6) is 0 Å². The molecule has 2 rings (SSSR count). The molecule has 0 aliphatic carbocycles. The minimum Gasteiger partial charge on any atom is -0.481 e. The molecular formula is C11H11N3O2S. The smallest absolute Gasteiger partial charge is 0.313 e. The van der Waals surface area contributed by atoms with Gasteiger partial charge in [0.15, 0.2) is 5.16 Å². The summed E-state index contributed by atoms with van der Waals surface area (Å²) in [7, 11) is 0. The Kier molecular flexibility index (Phi) is 3.77. The van der Waals surface area contributed by atoms with Crippen molar-refractivity contribution in [2.75, 3.05) is 5.75 Å². The summed E-state index contributed by atoms with van der Waals surface area (Å²) in [6, 6.07) is 9.89.